The molecule has 178 valence electrons. The van der Waals surface area contributed by atoms with Crippen molar-refractivity contribution in [3.05, 3.63) is 70.8 Å². The summed E-state index contributed by atoms with van der Waals surface area (Å²) in [5, 5.41) is 5.39. The van der Waals surface area contributed by atoms with Gasteiger partial charge in [0.25, 0.3) is 5.91 Å². The minimum atomic E-state index is -0.962. The first-order chi connectivity index (χ1) is 15.8. The van der Waals surface area contributed by atoms with Crippen LogP contribution in [0.2, 0.25) is 0 Å². The number of hydrogen-bond donors (Lipinski definition) is 2. The van der Waals surface area contributed by atoms with Gasteiger partial charge in [0.05, 0.1) is 0 Å². The van der Waals surface area contributed by atoms with Crippen molar-refractivity contribution >= 4 is 11.8 Å². The molecule has 1 saturated heterocycles. The molecule has 2 amide bonds. The van der Waals surface area contributed by atoms with Gasteiger partial charge in [-0.3, -0.25) is 14.5 Å². The summed E-state index contributed by atoms with van der Waals surface area (Å²) in [6, 6.07) is 10.3. The van der Waals surface area contributed by atoms with Crippen molar-refractivity contribution in [2.24, 2.45) is 11.8 Å². The van der Waals surface area contributed by atoms with Gasteiger partial charge in [-0.2, -0.15) is 0 Å². The highest BCUT2D eigenvalue weighted by Gasteiger charge is 2.27. The number of rotatable bonds is 8. The molecule has 5 nitrogen and oxygen atoms in total. The van der Waals surface area contributed by atoms with Crippen molar-refractivity contribution in [2.75, 3.05) is 13.1 Å². The summed E-state index contributed by atoms with van der Waals surface area (Å²) in [5.41, 5.74) is 1.49. The molecule has 0 bridgehead atoms. The average Bonchev–Trinajstić information content (AvgIpc) is 2.76. The predicted molar refractivity (Wildman–Crippen MR) is 124 cm³/mol. The molecule has 3 rings (SSSR count). The van der Waals surface area contributed by atoms with Gasteiger partial charge in [-0.1, -0.05) is 51.1 Å². The summed E-state index contributed by atoms with van der Waals surface area (Å²) in [5.74, 6) is -2.85. The molecule has 1 heterocycles. The first-order valence-corrected chi connectivity index (χ1v) is 11.6. The number of benzene rings is 2. The van der Waals surface area contributed by atoms with Crippen LogP contribution in [0.3, 0.4) is 0 Å². The Morgan fingerprint density at radius 1 is 1.06 bits per heavy atom. The van der Waals surface area contributed by atoms with Crippen molar-refractivity contribution in [1.29, 1.82) is 0 Å². The van der Waals surface area contributed by atoms with Crippen molar-refractivity contribution in [3.63, 3.8) is 0 Å². The summed E-state index contributed by atoms with van der Waals surface area (Å²) >= 11 is 0. The number of halogens is 2. The Kier molecular flexibility index (Phi) is 8.55. The summed E-state index contributed by atoms with van der Waals surface area (Å²) < 4.78 is 28.0. The Bertz CT molecular complexity index is 960. The third-order valence-corrected chi connectivity index (χ3v) is 6.13. The highest BCUT2D eigenvalue weighted by atomic mass is 19.1. The van der Waals surface area contributed by atoms with Crippen LogP contribution in [0, 0.1) is 23.5 Å². The zero-order chi connectivity index (χ0) is 24.0. The van der Waals surface area contributed by atoms with Crippen LogP contribution < -0.4 is 10.6 Å². The van der Waals surface area contributed by atoms with Crippen LogP contribution >= 0.6 is 0 Å². The summed E-state index contributed by atoms with van der Waals surface area (Å²) in [6.07, 6.45) is 2.45. The summed E-state index contributed by atoms with van der Waals surface area (Å²) in [4.78, 5) is 27.9. The maximum Gasteiger partial charge on any atom is 0.257 e. The number of carbonyl (C=O) groups is 2. The second kappa shape index (κ2) is 11.4. The van der Waals surface area contributed by atoms with E-state index in [-0.39, 0.29) is 5.92 Å². The topological polar surface area (TPSA) is 61.4 Å². The van der Waals surface area contributed by atoms with Gasteiger partial charge in [0.15, 0.2) is 0 Å². The van der Waals surface area contributed by atoms with Gasteiger partial charge in [0.2, 0.25) is 5.91 Å². The maximum atomic E-state index is 14.0. The fourth-order valence-corrected chi connectivity index (χ4v) is 4.31. The molecular formula is C26H33F2N3O2. The van der Waals surface area contributed by atoms with E-state index in [1.165, 1.54) is 18.9 Å². The molecule has 2 N–H and O–H groups in total. The smallest absolute Gasteiger partial charge is 0.257 e. The summed E-state index contributed by atoms with van der Waals surface area (Å²) in [6.45, 7) is 9.08. The normalized spacial score (nSPS) is 17.6. The van der Waals surface area contributed by atoms with E-state index in [9.17, 15) is 18.4 Å². The molecule has 2 atom stereocenters. The Hall–Kier alpha value is -2.80. The third kappa shape index (κ3) is 6.60. The fraction of sp³-hybridized carbons (Fsp3) is 0.462. The number of carbonyl (C=O) groups excluding carboxylic acids is 2. The van der Waals surface area contributed by atoms with Crippen LogP contribution in [-0.2, 0) is 17.9 Å². The van der Waals surface area contributed by atoms with Crippen molar-refractivity contribution < 1.29 is 18.4 Å². The highest BCUT2D eigenvalue weighted by molar-refractivity contribution is 5.98. The molecule has 33 heavy (non-hydrogen) atoms. The van der Waals surface area contributed by atoms with E-state index in [4.69, 9.17) is 0 Å². The Balaban J connectivity index is 1.65. The van der Waals surface area contributed by atoms with Crippen LogP contribution in [0.1, 0.15) is 55.1 Å². The highest BCUT2D eigenvalue weighted by Crippen LogP contribution is 2.20. The number of nitrogens with zero attached hydrogens (tertiary/aromatic N) is 1. The molecule has 0 saturated carbocycles. The molecule has 1 aliphatic rings. The third-order valence-electron chi connectivity index (χ3n) is 6.13. The zero-order valence-corrected chi connectivity index (χ0v) is 19.5. The number of nitrogens with one attached hydrogen (secondary N) is 2. The van der Waals surface area contributed by atoms with E-state index in [0.29, 0.717) is 12.5 Å². The second-order valence-corrected chi connectivity index (χ2v) is 9.26. The molecule has 2 aromatic carbocycles. The van der Waals surface area contributed by atoms with Gasteiger partial charge < -0.3 is 10.6 Å². The fourth-order valence-electron chi connectivity index (χ4n) is 4.31. The van der Waals surface area contributed by atoms with Crippen LogP contribution in [0.15, 0.2) is 42.5 Å². The minimum Gasteiger partial charge on any atom is -0.350 e. The molecular weight excluding hydrogens is 424 g/mol. The molecule has 0 radical (unpaired) electrons. The number of amides is 2. The van der Waals surface area contributed by atoms with Gasteiger partial charge in [0, 0.05) is 19.6 Å². The van der Waals surface area contributed by atoms with E-state index in [2.05, 4.69) is 28.5 Å². The van der Waals surface area contributed by atoms with Crippen molar-refractivity contribution in [1.82, 2.24) is 15.5 Å². The quantitative estimate of drug-likeness (QED) is 0.623. The van der Waals surface area contributed by atoms with Crippen LogP contribution in [-0.4, -0.2) is 35.8 Å². The number of hydrogen-bond acceptors (Lipinski definition) is 3. The summed E-state index contributed by atoms with van der Waals surface area (Å²) in [7, 11) is 0. The van der Waals surface area contributed by atoms with Gasteiger partial charge >= 0.3 is 0 Å². The van der Waals surface area contributed by atoms with E-state index < -0.39 is 35.1 Å². The van der Waals surface area contributed by atoms with Gasteiger partial charge in [0.1, 0.15) is 23.2 Å². The first-order valence-electron chi connectivity index (χ1n) is 11.6. The Labute approximate surface area is 194 Å². The minimum absolute atomic E-state index is 0.270. The Morgan fingerprint density at radius 2 is 1.73 bits per heavy atom. The van der Waals surface area contributed by atoms with Crippen molar-refractivity contribution in [2.45, 2.75) is 52.7 Å². The zero-order valence-electron chi connectivity index (χ0n) is 19.5. The van der Waals surface area contributed by atoms with Crippen LogP contribution in [0.5, 0.6) is 0 Å². The van der Waals surface area contributed by atoms with E-state index in [1.807, 2.05) is 18.2 Å². The van der Waals surface area contributed by atoms with Crippen LogP contribution in [0.4, 0.5) is 8.78 Å². The molecule has 0 aliphatic carbocycles. The molecule has 1 aliphatic heterocycles. The van der Waals surface area contributed by atoms with Crippen molar-refractivity contribution in [3.8, 4) is 0 Å². The monoisotopic (exact) mass is 457 g/mol. The lowest BCUT2D eigenvalue weighted by atomic mass is 9.98. The lowest BCUT2D eigenvalue weighted by Gasteiger charge is -2.31. The first kappa shape index (κ1) is 24.8. The Morgan fingerprint density at radius 3 is 2.36 bits per heavy atom. The molecule has 0 spiro atoms. The van der Waals surface area contributed by atoms with Crippen LogP contribution in [0.25, 0.3) is 0 Å². The molecule has 2 unspecified atom stereocenters. The van der Waals surface area contributed by atoms with Gasteiger partial charge in [-0.05, 0) is 54.5 Å². The van der Waals surface area contributed by atoms with Gasteiger partial charge in [-0.15, -0.1) is 0 Å². The van der Waals surface area contributed by atoms with E-state index in [0.717, 1.165) is 42.9 Å². The average molecular weight is 458 g/mol. The molecule has 2 aromatic rings. The SMILES string of the molecule is CC1CCCN(Cc2ccccc2CNC(=O)C(NC(=O)c2c(F)cccc2F)C(C)C)C1. The maximum absolute atomic E-state index is 14.0. The molecule has 1 fully saturated rings. The standard InChI is InChI=1S/C26H33F2N3O2/c1-17(2)24(30-25(32)23-21(27)11-6-12-22(23)28)26(33)29-14-19-9-4-5-10-20(19)16-31-13-7-8-18(3)15-31/h4-6,9-12,17-18,24H,7-8,13-16H2,1-3H3,(H,29,33)(H,30,32). The van der Waals surface area contributed by atoms with Gasteiger partial charge in [-0.25, -0.2) is 8.78 Å². The largest absolute Gasteiger partial charge is 0.350 e. The lowest BCUT2D eigenvalue weighted by molar-refractivity contribution is -0.124. The number of likely N-dealkylation sites (tertiary alicyclic amines) is 1. The molecule has 0 aromatic heterocycles. The lowest BCUT2D eigenvalue weighted by Crippen LogP contribution is -2.49. The second-order valence-electron chi connectivity index (χ2n) is 9.26. The predicted octanol–water partition coefficient (Wildman–Crippen LogP) is 4.27. The van der Waals surface area contributed by atoms with E-state index in [1.54, 1.807) is 13.8 Å². The number of piperidine rings is 1. The molecule has 7 heteroatoms. The van der Waals surface area contributed by atoms with E-state index >= 15 is 0 Å².